The largest absolute Gasteiger partial charge is 0.234 e. The highest BCUT2D eigenvalue weighted by Gasteiger charge is 2.35. The molecule has 0 saturated carbocycles. The second kappa shape index (κ2) is 9.63. The lowest BCUT2D eigenvalue weighted by molar-refractivity contribution is 0.0875. The zero-order valence-electron chi connectivity index (χ0n) is 13.4. The lowest BCUT2D eigenvalue weighted by atomic mass is 9.64. The van der Waals surface area contributed by atoms with Gasteiger partial charge in [0.1, 0.15) is 0 Å². The third kappa shape index (κ3) is 7.37. The van der Waals surface area contributed by atoms with Crippen molar-refractivity contribution in [2.45, 2.75) is 66.2 Å². The van der Waals surface area contributed by atoms with Gasteiger partial charge in [-0.15, -0.1) is 0 Å². The van der Waals surface area contributed by atoms with Crippen molar-refractivity contribution in [1.29, 1.82) is 0 Å². The maximum Gasteiger partial charge on any atom is 0.234 e. The van der Waals surface area contributed by atoms with Crippen LogP contribution in [0.5, 0.6) is 0 Å². The van der Waals surface area contributed by atoms with Gasteiger partial charge >= 0.3 is 0 Å². The van der Waals surface area contributed by atoms with Gasteiger partial charge in [0.05, 0.1) is 13.1 Å². The Hall–Kier alpha value is -1.24. The molecular formula is C16H28N2O2. The van der Waals surface area contributed by atoms with Gasteiger partial charge in [-0.1, -0.05) is 47.0 Å². The first-order valence-electron chi connectivity index (χ1n) is 7.45. The van der Waals surface area contributed by atoms with Crippen LogP contribution in [0.4, 0.5) is 0 Å². The standard InChI is InChI=1S/C16H28N2O2/c1-15(2,16(3,4)10-12-18-14-20)9-7-5-6-8-11-17-13-19/h5-12H2,1-4H3. The van der Waals surface area contributed by atoms with Crippen molar-refractivity contribution in [2.24, 2.45) is 20.8 Å². The third-order valence-electron chi connectivity index (χ3n) is 4.63. The van der Waals surface area contributed by atoms with Crippen LogP contribution >= 0.6 is 0 Å². The summed E-state index contributed by atoms with van der Waals surface area (Å²) < 4.78 is 0. The van der Waals surface area contributed by atoms with E-state index in [-0.39, 0.29) is 10.8 Å². The number of aliphatic imine (C=N–C) groups is 2. The van der Waals surface area contributed by atoms with Crippen LogP contribution in [0.2, 0.25) is 0 Å². The fraction of sp³-hybridized carbons (Fsp3) is 0.875. The summed E-state index contributed by atoms with van der Waals surface area (Å²) in [4.78, 5) is 27.3. The van der Waals surface area contributed by atoms with E-state index in [0.29, 0.717) is 13.1 Å². The Labute approximate surface area is 122 Å². The summed E-state index contributed by atoms with van der Waals surface area (Å²) in [6.45, 7) is 10.2. The Morgan fingerprint density at radius 2 is 1.20 bits per heavy atom. The smallest absolute Gasteiger partial charge is 0.211 e. The van der Waals surface area contributed by atoms with E-state index in [9.17, 15) is 9.59 Å². The molecular weight excluding hydrogens is 252 g/mol. The number of carbonyl (C=O) groups excluding carboxylic acids is 2. The van der Waals surface area contributed by atoms with Gasteiger partial charge in [0.2, 0.25) is 12.2 Å². The van der Waals surface area contributed by atoms with Gasteiger partial charge in [-0.2, -0.15) is 0 Å². The van der Waals surface area contributed by atoms with E-state index in [2.05, 4.69) is 37.7 Å². The summed E-state index contributed by atoms with van der Waals surface area (Å²) >= 11 is 0. The van der Waals surface area contributed by atoms with Crippen LogP contribution in [-0.2, 0) is 9.59 Å². The second-order valence-corrected chi connectivity index (χ2v) is 6.63. The Morgan fingerprint density at radius 3 is 1.80 bits per heavy atom. The number of isocyanates is 2. The first kappa shape index (κ1) is 18.8. The molecule has 4 nitrogen and oxygen atoms in total. The number of nitrogens with zero attached hydrogens (tertiary/aromatic N) is 2. The molecule has 0 aromatic carbocycles. The summed E-state index contributed by atoms with van der Waals surface area (Å²) in [6.07, 6.45) is 9.65. The predicted molar refractivity (Wildman–Crippen MR) is 81.2 cm³/mol. The molecule has 0 amide bonds. The molecule has 0 saturated heterocycles. The highest BCUT2D eigenvalue weighted by atomic mass is 16.1. The number of unbranched alkanes of at least 4 members (excludes halogenated alkanes) is 3. The summed E-state index contributed by atoms with van der Waals surface area (Å²) in [5.41, 5.74) is 0.363. The summed E-state index contributed by atoms with van der Waals surface area (Å²) in [7, 11) is 0. The SMILES string of the molecule is CC(C)(CCCCCCN=C=O)C(C)(C)CCN=C=O. The van der Waals surface area contributed by atoms with Gasteiger partial charge < -0.3 is 0 Å². The Bertz CT molecular complexity index is 363. The minimum absolute atomic E-state index is 0.148. The fourth-order valence-electron chi connectivity index (χ4n) is 2.21. The van der Waals surface area contributed by atoms with E-state index in [1.807, 2.05) is 0 Å². The van der Waals surface area contributed by atoms with Crippen LogP contribution in [0.3, 0.4) is 0 Å². The zero-order chi connectivity index (χ0) is 15.5. The van der Waals surface area contributed by atoms with E-state index >= 15 is 0 Å². The highest BCUT2D eigenvalue weighted by Crippen LogP contribution is 2.44. The second-order valence-electron chi connectivity index (χ2n) is 6.63. The molecule has 0 aliphatic carbocycles. The van der Waals surface area contributed by atoms with E-state index in [4.69, 9.17) is 0 Å². The normalized spacial score (nSPS) is 11.6. The van der Waals surface area contributed by atoms with Gasteiger partial charge in [0.15, 0.2) is 0 Å². The lowest BCUT2D eigenvalue weighted by Gasteiger charge is -2.42. The Morgan fingerprint density at radius 1 is 0.700 bits per heavy atom. The van der Waals surface area contributed by atoms with E-state index in [1.54, 1.807) is 12.2 Å². The highest BCUT2D eigenvalue weighted by molar-refractivity contribution is 5.32. The van der Waals surface area contributed by atoms with Crippen molar-refractivity contribution in [2.75, 3.05) is 13.1 Å². The Kier molecular flexibility index (Phi) is 9.03. The molecule has 0 bridgehead atoms. The molecule has 0 aliphatic heterocycles. The van der Waals surface area contributed by atoms with Gasteiger partial charge in [-0.25, -0.2) is 19.6 Å². The van der Waals surface area contributed by atoms with Crippen molar-refractivity contribution in [3.05, 3.63) is 0 Å². The molecule has 0 radical (unpaired) electrons. The average Bonchev–Trinajstić information content (AvgIpc) is 2.37. The summed E-state index contributed by atoms with van der Waals surface area (Å²) in [5.74, 6) is 0. The topological polar surface area (TPSA) is 58.9 Å². The molecule has 0 spiro atoms. The van der Waals surface area contributed by atoms with Crippen LogP contribution in [-0.4, -0.2) is 25.2 Å². The molecule has 0 fully saturated rings. The van der Waals surface area contributed by atoms with Gasteiger partial charge in [0.25, 0.3) is 0 Å². The minimum atomic E-state index is 0.148. The maximum atomic E-state index is 10.1. The summed E-state index contributed by atoms with van der Waals surface area (Å²) in [6, 6.07) is 0. The van der Waals surface area contributed by atoms with Crippen molar-refractivity contribution in [3.8, 4) is 0 Å². The molecule has 0 heterocycles. The van der Waals surface area contributed by atoms with Gasteiger partial charge in [-0.05, 0) is 30.1 Å². The van der Waals surface area contributed by atoms with Crippen LogP contribution in [0.1, 0.15) is 66.2 Å². The number of rotatable bonds is 11. The molecule has 0 unspecified atom stereocenters. The Balaban J connectivity index is 4.02. The van der Waals surface area contributed by atoms with E-state index < -0.39 is 0 Å². The van der Waals surface area contributed by atoms with E-state index in [1.165, 1.54) is 12.8 Å². The third-order valence-corrected chi connectivity index (χ3v) is 4.63. The van der Waals surface area contributed by atoms with Gasteiger partial charge in [0, 0.05) is 0 Å². The quantitative estimate of drug-likeness (QED) is 0.325. The first-order chi connectivity index (χ1) is 9.37. The monoisotopic (exact) mass is 280 g/mol. The molecule has 0 atom stereocenters. The fourth-order valence-corrected chi connectivity index (χ4v) is 2.21. The molecule has 0 aromatic heterocycles. The van der Waals surface area contributed by atoms with E-state index in [0.717, 1.165) is 25.7 Å². The van der Waals surface area contributed by atoms with Crippen molar-refractivity contribution in [1.82, 2.24) is 0 Å². The summed E-state index contributed by atoms with van der Waals surface area (Å²) in [5, 5.41) is 0. The first-order valence-corrected chi connectivity index (χ1v) is 7.45. The van der Waals surface area contributed by atoms with Crippen molar-refractivity contribution in [3.63, 3.8) is 0 Å². The maximum absolute atomic E-state index is 10.1. The van der Waals surface area contributed by atoms with Crippen molar-refractivity contribution >= 4 is 12.2 Å². The zero-order valence-corrected chi connectivity index (χ0v) is 13.4. The van der Waals surface area contributed by atoms with Gasteiger partial charge in [-0.3, -0.25) is 0 Å². The van der Waals surface area contributed by atoms with Crippen LogP contribution in [0, 0.1) is 10.8 Å². The number of hydrogen-bond donors (Lipinski definition) is 0. The lowest BCUT2D eigenvalue weighted by Crippen LogP contribution is -2.33. The number of hydrogen-bond acceptors (Lipinski definition) is 4. The van der Waals surface area contributed by atoms with Crippen LogP contribution in [0.25, 0.3) is 0 Å². The van der Waals surface area contributed by atoms with Crippen molar-refractivity contribution < 1.29 is 9.59 Å². The minimum Gasteiger partial charge on any atom is -0.211 e. The van der Waals surface area contributed by atoms with Crippen LogP contribution in [0.15, 0.2) is 9.98 Å². The predicted octanol–water partition coefficient (Wildman–Crippen LogP) is 4.05. The molecule has 0 aromatic rings. The molecule has 0 rings (SSSR count). The molecule has 0 aliphatic rings. The molecule has 4 heteroatoms. The molecule has 0 N–H and O–H groups in total. The average molecular weight is 280 g/mol. The molecule has 114 valence electrons. The molecule has 20 heavy (non-hydrogen) atoms. The van der Waals surface area contributed by atoms with Crippen LogP contribution < -0.4 is 0 Å².